The van der Waals surface area contributed by atoms with E-state index in [1.807, 2.05) is 26.0 Å². The highest BCUT2D eigenvalue weighted by Crippen LogP contribution is 2.54. The molecule has 2 aromatic carbocycles. The zero-order chi connectivity index (χ0) is 20.3. The maximum absolute atomic E-state index is 10.4. The van der Waals surface area contributed by atoms with Crippen LogP contribution < -0.4 is 14.2 Å². The van der Waals surface area contributed by atoms with Crippen LogP contribution in [0.2, 0.25) is 0 Å². The molecule has 3 aliphatic heterocycles. The van der Waals surface area contributed by atoms with Crippen molar-refractivity contribution in [2.45, 2.75) is 51.7 Å². The fourth-order valence-electron chi connectivity index (χ4n) is 4.36. The number of allylic oxidation sites excluding steroid dienone is 2. The van der Waals surface area contributed by atoms with E-state index in [-0.39, 0.29) is 23.4 Å². The Hall–Kier alpha value is -2.88. The summed E-state index contributed by atoms with van der Waals surface area (Å²) in [5.74, 6) is 2.88. The SMILES string of the molecule is CC(C)=CCc1c(O)ccc2c1OC[C@@H]1c3cc4c(cc3O[C@H]21)OC(C)(C)C=C4. The standard InChI is InChI=1S/C25H26O4/c1-14(2)5-6-16-20(26)8-7-17-23(16)27-13-19-18-11-15-9-10-25(3,4)29-21(15)12-22(18)28-24(17)19/h5,7-12,19,24,26H,6,13H2,1-4H3/t19-,24-/m1/s1. The lowest BCUT2D eigenvalue weighted by molar-refractivity contribution is 0.137. The normalized spacial score (nSPS) is 22.2. The molecule has 0 saturated carbocycles. The first-order valence-electron chi connectivity index (χ1n) is 10.2. The van der Waals surface area contributed by atoms with E-state index in [0.29, 0.717) is 13.0 Å². The molecule has 29 heavy (non-hydrogen) atoms. The molecule has 0 amide bonds. The first kappa shape index (κ1) is 18.2. The lowest BCUT2D eigenvalue weighted by atomic mass is 9.86. The first-order valence-corrected chi connectivity index (χ1v) is 10.2. The quantitative estimate of drug-likeness (QED) is 0.669. The fraction of sp³-hybridized carbons (Fsp3) is 0.360. The van der Waals surface area contributed by atoms with E-state index < -0.39 is 0 Å². The van der Waals surface area contributed by atoms with Gasteiger partial charge in [0.05, 0.1) is 12.5 Å². The zero-order valence-corrected chi connectivity index (χ0v) is 17.3. The highest BCUT2D eigenvalue weighted by atomic mass is 16.5. The van der Waals surface area contributed by atoms with Gasteiger partial charge in [0.2, 0.25) is 0 Å². The second kappa shape index (κ2) is 6.31. The topological polar surface area (TPSA) is 47.9 Å². The van der Waals surface area contributed by atoms with Crippen LogP contribution in [0.3, 0.4) is 0 Å². The maximum atomic E-state index is 10.4. The molecule has 4 heteroatoms. The monoisotopic (exact) mass is 390 g/mol. The molecule has 0 unspecified atom stereocenters. The molecular formula is C25H26O4. The minimum absolute atomic E-state index is 0.111. The molecular weight excluding hydrogens is 364 g/mol. The minimum Gasteiger partial charge on any atom is -0.508 e. The molecule has 0 aromatic heterocycles. The van der Waals surface area contributed by atoms with E-state index in [0.717, 1.165) is 39.5 Å². The number of ether oxygens (including phenoxy) is 3. The summed E-state index contributed by atoms with van der Waals surface area (Å²) in [6.45, 7) is 8.74. The molecule has 0 bridgehead atoms. The number of aromatic hydroxyl groups is 1. The van der Waals surface area contributed by atoms with Crippen LogP contribution >= 0.6 is 0 Å². The number of hydrogen-bond donors (Lipinski definition) is 1. The number of phenolic OH excluding ortho intramolecular Hbond substituents is 1. The molecule has 3 aliphatic rings. The summed E-state index contributed by atoms with van der Waals surface area (Å²) in [7, 11) is 0. The Balaban J connectivity index is 1.54. The predicted octanol–water partition coefficient (Wildman–Crippen LogP) is 5.69. The second-order valence-electron chi connectivity index (χ2n) is 8.89. The van der Waals surface area contributed by atoms with Gasteiger partial charge in [-0.2, -0.15) is 0 Å². The Morgan fingerprint density at radius 2 is 2.00 bits per heavy atom. The lowest BCUT2D eigenvalue weighted by Gasteiger charge is -2.30. The van der Waals surface area contributed by atoms with Crippen LogP contribution in [0, 0.1) is 0 Å². The smallest absolute Gasteiger partial charge is 0.138 e. The van der Waals surface area contributed by atoms with Crippen molar-refractivity contribution in [1.82, 2.24) is 0 Å². The van der Waals surface area contributed by atoms with E-state index >= 15 is 0 Å². The summed E-state index contributed by atoms with van der Waals surface area (Å²) < 4.78 is 18.7. The van der Waals surface area contributed by atoms with Crippen LogP contribution in [0.25, 0.3) is 6.08 Å². The third kappa shape index (κ3) is 2.98. The average molecular weight is 390 g/mol. The van der Waals surface area contributed by atoms with Crippen molar-refractivity contribution in [2.24, 2.45) is 0 Å². The predicted molar refractivity (Wildman–Crippen MR) is 113 cm³/mol. The van der Waals surface area contributed by atoms with Crippen molar-refractivity contribution in [3.8, 4) is 23.0 Å². The summed E-state index contributed by atoms with van der Waals surface area (Å²) >= 11 is 0. The Bertz CT molecular complexity index is 1060. The molecule has 1 N–H and O–H groups in total. The summed E-state index contributed by atoms with van der Waals surface area (Å²) in [6, 6.07) is 7.86. The largest absolute Gasteiger partial charge is 0.508 e. The van der Waals surface area contributed by atoms with Crippen LogP contribution in [0.15, 0.2) is 42.0 Å². The van der Waals surface area contributed by atoms with E-state index in [9.17, 15) is 5.11 Å². The summed E-state index contributed by atoms with van der Waals surface area (Å²) in [5, 5.41) is 10.4. The number of phenols is 1. The molecule has 2 atom stereocenters. The Morgan fingerprint density at radius 1 is 1.17 bits per heavy atom. The Kier molecular flexibility index (Phi) is 3.95. The zero-order valence-electron chi connectivity index (χ0n) is 17.3. The highest BCUT2D eigenvalue weighted by molar-refractivity contribution is 5.66. The van der Waals surface area contributed by atoms with Crippen LogP contribution in [0.4, 0.5) is 0 Å². The van der Waals surface area contributed by atoms with Gasteiger partial charge in [0, 0.05) is 28.3 Å². The van der Waals surface area contributed by atoms with Crippen LogP contribution in [0.1, 0.15) is 62.0 Å². The summed E-state index contributed by atoms with van der Waals surface area (Å²) in [5.41, 5.74) is 4.96. The van der Waals surface area contributed by atoms with Gasteiger partial charge in [0.15, 0.2) is 0 Å². The third-order valence-electron chi connectivity index (χ3n) is 5.89. The highest BCUT2D eigenvalue weighted by Gasteiger charge is 2.42. The van der Waals surface area contributed by atoms with Crippen LogP contribution in [-0.2, 0) is 6.42 Å². The molecule has 150 valence electrons. The van der Waals surface area contributed by atoms with Gasteiger partial charge in [-0.25, -0.2) is 0 Å². The number of rotatable bonds is 2. The van der Waals surface area contributed by atoms with Crippen molar-refractivity contribution in [2.75, 3.05) is 6.61 Å². The molecule has 2 aromatic rings. The number of fused-ring (bicyclic) bond motifs is 6. The average Bonchev–Trinajstić information content (AvgIpc) is 3.02. The number of hydrogen-bond acceptors (Lipinski definition) is 4. The van der Waals surface area contributed by atoms with E-state index in [2.05, 4.69) is 38.1 Å². The first-order chi connectivity index (χ1) is 13.8. The molecule has 0 aliphatic carbocycles. The minimum atomic E-state index is -0.320. The van der Waals surface area contributed by atoms with Gasteiger partial charge in [-0.1, -0.05) is 17.7 Å². The third-order valence-corrected chi connectivity index (χ3v) is 5.89. The van der Waals surface area contributed by atoms with Gasteiger partial charge >= 0.3 is 0 Å². The molecule has 0 fully saturated rings. The second-order valence-corrected chi connectivity index (χ2v) is 8.89. The molecule has 0 spiro atoms. The van der Waals surface area contributed by atoms with Crippen molar-refractivity contribution >= 4 is 6.08 Å². The van der Waals surface area contributed by atoms with Gasteiger partial charge < -0.3 is 19.3 Å². The van der Waals surface area contributed by atoms with Gasteiger partial charge in [-0.3, -0.25) is 0 Å². The molecule has 0 saturated heterocycles. The summed E-state index contributed by atoms with van der Waals surface area (Å²) in [6.07, 6.45) is 6.85. The van der Waals surface area contributed by atoms with Crippen LogP contribution in [0.5, 0.6) is 23.0 Å². The van der Waals surface area contributed by atoms with Crippen molar-refractivity contribution in [1.29, 1.82) is 0 Å². The Labute approximate surface area is 171 Å². The van der Waals surface area contributed by atoms with Crippen LogP contribution in [-0.4, -0.2) is 17.3 Å². The molecule has 5 rings (SSSR count). The molecule has 3 heterocycles. The summed E-state index contributed by atoms with van der Waals surface area (Å²) in [4.78, 5) is 0. The number of benzene rings is 2. The van der Waals surface area contributed by atoms with Gasteiger partial charge in [0.1, 0.15) is 34.7 Å². The molecule has 0 radical (unpaired) electrons. The van der Waals surface area contributed by atoms with E-state index in [1.165, 1.54) is 5.57 Å². The van der Waals surface area contributed by atoms with Gasteiger partial charge in [0.25, 0.3) is 0 Å². The fourth-order valence-corrected chi connectivity index (χ4v) is 4.36. The van der Waals surface area contributed by atoms with Crippen molar-refractivity contribution in [3.63, 3.8) is 0 Å². The lowest BCUT2D eigenvalue weighted by Crippen LogP contribution is -2.27. The van der Waals surface area contributed by atoms with Gasteiger partial charge in [-0.05, 0) is 58.4 Å². The van der Waals surface area contributed by atoms with Gasteiger partial charge in [-0.15, -0.1) is 0 Å². The van der Waals surface area contributed by atoms with Crippen molar-refractivity contribution < 1.29 is 19.3 Å². The maximum Gasteiger partial charge on any atom is 0.138 e. The Morgan fingerprint density at radius 3 is 2.79 bits per heavy atom. The van der Waals surface area contributed by atoms with Crippen molar-refractivity contribution in [3.05, 3.63) is 64.2 Å². The molecule has 4 nitrogen and oxygen atoms in total. The van der Waals surface area contributed by atoms with E-state index in [1.54, 1.807) is 6.07 Å². The van der Waals surface area contributed by atoms with E-state index in [4.69, 9.17) is 14.2 Å².